The monoisotopic (exact) mass is 353 g/mol. The summed E-state index contributed by atoms with van der Waals surface area (Å²) in [7, 11) is 0. The van der Waals surface area contributed by atoms with Crippen LogP contribution in [0, 0.1) is 6.92 Å². The normalized spacial score (nSPS) is 14.3. The molecule has 1 aromatic carbocycles. The molecule has 3 rings (SSSR count). The number of carbonyl (C=O) groups is 2. The Hall–Kier alpha value is -2.96. The number of nitrogens with one attached hydrogen (secondary N) is 1. The summed E-state index contributed by atoms with van der Waals surface area (Å²) in [6.45, 7) is 7.95. The molecule has 0 saturated carbocycles. The number of Topliss-reactive ketones (excluding diaryl/α,β-unsaturated/α-hetero) is 1. The summed E-state index contributed by atoms with van der Waals surface area (Å²) in [6.07, 6.45) is 0. The molecule has 0 atom stereocenters. The molecule has 0 unspecified atom stereocenters. The lowest BCUT2D eigenvalue weighted by Crippen LogP contribution is -2.48. The quantitative estimate of drug-likeness (QED) is 0.851. The number of rotatable bonds is 4. The summed E-state index contributed by atoms with van der Waals surface area (Å²) in [5.41, 5.74) is 2.27. The third-order valence-corrected chi connectivity index (χ3v) is 4.41. The summed E-state index contributed by atoms with van der Waals surface area (Å²) >= 11 is 0. The van der Waals surface area contributed by atoms with Gasteiger partial charge in [0.2, 0.25) is 11.9 Å². The maximum absolute atomic E-state index is 11.5. The Kier molecular flexibility index (Phi) is 5.16. The molecular formula is C19H23N5O2. The number of nitrogens with zero attached hydrogens (tertiary/aromatic N) is 4. The Morgan fingerprint density at radius 2 is 1.77 bits per heavy atom. The maximum Gasteiger partial charge on any atom is 0.229 e. The minimum absolute atomic E-state index is 0.0165. The zero-order chi connectivity index (χ0) is 18.7. The minimum Gasteiger partial charge on any atom is -0.353 e. The van der Waals surface area contributed by atoms with E-state index in [0.29, 0.717) is 24.6 Å². The number of aryl methyl sites for hydroxylation is 1. The topological polar surface area (TPSA) is 78.4 Å². The lowest BCUT2D eigenvalue weighted by Gasteiger charge is -2.35. The van der Waals surface area contributed by atoms with Crippen LogP contribution < -0.4 is 10.2 Å². The van der Waals surface area contributed by atoms with Crippen molar-refractivity contribution in [1.82, 2.24) is 14.9 Å². The smallest absolute Gasteiger partial charge is 0.229 e. The molecule has 7 nitrogen and oxygen atoms in total. The Labute approximate surface area is 153 Å². The van der Waals surface area contributed by atoms with Crippen molar-refractivity contribution in [1.29, 1.82) is 0 Å². The van der Waals surface area contributed by atoms with Crippen LogP contribution in [0.25, 0.3) is 0 Å². The molecule has 0 aliphatic carbocycles. The first-order valence-corrected chi connectivity index (χ1v) is 8.66. The number of amides is 1. The van der Waals surface area contributed by atoms with Gasteiger partial charge in [-0.05, 0) is 26.0 Å². The molecule has 1 amide bonds. The number of ketones is 1. The Bertz CT molecular complexity index is 828. The second kappa shape index (κ2) is 7.51. The van der Waals surface area contributed by atoms with E-state index in [2.05, 4.69) is 20.2 Å². The van der Waals surface area contributed by atoms with Gasteiger partial charge in [-0.1, -0.05) is 12.1 Å². The lowest BCUT2D eigenvalue weighted by atomic mass is 10.1. The molecule has 1 aliphatic rings. The molecule has 7 heteroatoms. The summed E-state index contributed by atoms with van der Waals surface area (Å²) in [5.74, 6) is 1.46. The van der Waals surface area contributed by atoms with E-state index in [9.17, 15) is 9.59 Å². The van der Waals surface area contributed by atoms with Gasteiger partial charge in [0, 0.05) is 56.1 Å². The van der Waals surface area contributed by atoms with Gasteiger partial charge in [-0.3, -0.25) is 9.59 Å². The zero-order valence-corrected chi connectivity index (χ0v) is 15.3. The zero-order valence-electron chi connectivity index (χ0n) is 15.3. The van der Waals surface area contributed by atoms with Gasteiger partial charge in [0.1, 0.15) is 5.82 Å². The average Bonchev–Trinajstić information content (AvgIpc) is 2.61. The van der Waals surface area contributed by atoms with Crippen molar-refractivity contribution in [3.8, 4) is 0 Å². The van der Waals surface area contributed by atoms with Gasteiger partial charge in [0.15, 0.2) is 5.78 Å². The number of aromatic nitrogens is 2. The number of hydrogen-bond acceptors (Lipinski definition) is 6. The third kappa shape index (κ3) is 4.17. The van der Waals surface area contributed by atoms with Crippen LogP contribution in [0.5, 0.6) is 0 Å². The summed E-state index contributed by atoms with van der Waals surface area (Å²) < 4.78 is 0. The number of anilines is 3. The van der Waals surface area contributed by atoms with Crippen molar-refractivity contribution in [2.45, 2.75) is 20.8 Å². The van der Waals surface area contributed by atoms with Crippen molar-refractivity contribution < 1.29 is 9.59 Å². The molecule has 0 spiro atoms. The molecule has 2 heterocycles. The largest absolute Gasteiger partial charge is 0.353 e. The van der Waals surface area contributed by atoms with E-state index in [1.54, 1.807) is 26.0 Å². The standard InChI is InChI=1S/C19H23N5O2/c1-13-11-18(24-9-7-23(8-10-24)15(3)26)22-19(20-13)21-17-6-4-5-16(12-17)14(2)25/h4-6,11-12H,7-10H2,1-3H3,(H,20,21,22). The Morgan fingerprint density at radius 1 is 1.04 bits per heavy atom. The van der Waals surface area contributed by atoms with E-state index in [0.717, 1.165) is 30.3 Å². The second-order valence-corrected chi connectivity index (χ2v) is 6.45. The average molecular weight is 353 g/mol. The Morgan fingerprint density at radius 3 is 2.42 bits per heavy atom. The molecule has 0 bridgehead atoms. The van der Waals surface area contributed by atoms with E-state index in [1.807, 2.05) is 30.0 Å². The van der Waals surface area contributed by atoms with E-state index >= 15 is 0 Å². The number of carbonyl (C=O) groups excluding carboxylic acids is 2. The highest BCUT2D eigenvalue weighted by Crippen LogP contribution is 2.20. The fourth-order valence-corrected chi connectivity index (χ4v) is 2.97. The SMILES string of the molecule is CC(=O)c1cccc(Nc2nc(C)cc(N3CCN(C(C)=O)CC3)n2)c1. The fraction of sp³-hybridized carbons (Fsp3) is 0.368. The van der Waals surface area contributed by atoms with Gasteiger partial charge in [-0.25, -0.2) is 4.98 Å². The molecule has 1 N–H and O–H groups in total. The fourth-order valence-electron chi connectivity index (χ4n) is 2.97. The molecule has 26 heavy (non-hydrogen) atoms. The molecule has 1 aliphatic heterocycles. The van der Waals surface area contributed by atoms with E-state index in [-0.39, 0.29) is 11.7 Å². The van der Waals surface area contributed by atoms with Gasteiger partial charge < -0.3 is 15.1 Å². The third-order valence-electron chi connectivity index (χ3n) is 4.41. The van der Waals surface area contributed by atoms with E-state index in [4.69, 9.17) is 0 Å². The number of hydrogen-bond donors (Lipinski definition) is 1. The van der Waals surface area contributed by atoms with Gasteiger partial charge >= 0.3 is 0 Å². The molecule has 1 fully saturated rings. The summed E-state index contributed by atoms with van der Waals surface area (Å²) in [4.78, 5) is 36.1. The van der Waals surface area contributed by atoms with Crippen LogP contribution in [0.3, 0.4) is 0 Å². The van der Waals surface area contributed by atoms with Crippen molar-refractivity contribution in [3.05, 3.63) is 41.6 Å². The van der Waals surface area contributed by atoms with Crippen LogP contribution in [0.2, 0.25) is 0 Å². The van der Waals surface area contributed by atoms with Gasteiger partial charge in [0.25, 0.3) is 0 Å². The summed E-state index contributed by atoms with van der Waals surface area (Å²) in [6, 6.07) is 9.23. The van der Waals surface area contributed by atoms with E-state index in [1.165, 1.54) is 0 Å². The second-order valence-electron chi connectivity index (χ2n) is 6.45. The molecule has 136 valence electrons. The Balaban J connectivity index is 1.77. The van der Waals surface area contributed by atoms with Crippen molar-refractivity contribution in [2.24, 2.45) is 0 Å². The lowest BCUT2D eigenvalue weighted by molar-refractivity contribution is -0.129. The predicted octanol–water partition coefficient (Wildman–Crippen LogP) is 2.40. The van der Waals surface area contributed by atoms with Gasteiger partial charge in [-0.15, -0.1) is 0 Å². The molecular weight excluding hydrogens is 330 g/mol. The number of benzene rings is 1. The van der Waals surface area contributed by atoms with Crippen LogP contribution in [0.4, 0.5) is 17.5 Å². The van der Waals surface area contributed by atoms with Crippen LogP contribution in [-0.2, 0) is 4.79 Å². The highest BCUT2D eigenvalue weighted by molar-refractivity contribution is 5.95. The van der Waals surface area contributed by atoms with Crippen molar-refractivity contribution in [2.75, 3.05) is 36.4 Å². The first kappa shape index (κ1) is 17.8. The van der Waals surface area contributed by atoms with Crippen molar-refractivity contribution >= 4 is 29.1 Å². The minimum atomic E-state index is 0.0165. The molecule has 1 saturated heterocycles. The van der Waals surface area contributed by atoms with Crippen LogP contribution in [0.1, 0.15) is 29.9 Å². The maximum atomic E-state index is 11.5. The highest BCUT2D eigenvalue weighted by Gasteiger charge is 2.20. The molecule has 2 aromatic rings. The first-order chi connectivity index (χ1) is 12.4. The molecule has 0 radical (unpaired) electrons. The first-order valence-electron chi connectivity index (χ1n) is 8.66. The van der Waals surface area contributed by atoms with Crippen LogP contribution in [-0.4, -0.2) is 52.7 Å². The van der Waals surface area contributed by atoms with E-state index < -0.39 is 0 Å². The number of piperazine rings is 1. The van der Waals surface area contributed by atoms with Gasteiger partial charge in [0.05, 0.1) is 0 Å². The van der Waals surface area contributed by atoms with Crippen LogP contribution >= 0.6 is 0 Å². The van der Waals surface area contributed by atoms with Gasteiger partial charge in [-0.2, -0.15) is 4.98 Å². The highest BCUT2D eigenvalue weighted by atomic mass is 16.2. The van der Waals surface area contributed by atoms with Crippen LogP contribution in [0.15, 0.2) is 30.3 Å². The summed E-state index contributed by atoms with van der Waals surface area (Å²) in [5, 5.41) is 3.18. The molecule has 1 aromatic heterocycles. The van der Waals surface area contributed by atoms with Crippen molar-refractivity contribution in [3.63, 3.8) is 0 Å². The predicted molar refractivity (Wildman–Crippen MR) is 101 cm³/mol.